The SMILES string of the molecule is Cc1noc(C)c1COc1ccc(CC(=O)OCC(=O)Nc2ccc(Br)cc2F)cc1. The second-order valence-corrected chi connectivity index (χ2v) is 7.66. The van der Waals surface area contributed by atoms with Gasteiger partial charge < -0.3 is 19.3 Å². The van der Waals surface area contributed by atoms with Gasteiger partial charge in [-0.25, -0.2) is 4.39 Å². The average Bonchev–Trinajstić information content (AvgIpc) is 3.05. The molecule has 0 fully saturated rings. The molecule has 0 bridgehead atoms. The Balaban J connectivity index is 1.44. The number of amides is 1. The fourth-order valence-corrected chi connectivity index (χ4v) is 3.04. The third kappa shape index (κ3) is 6.39. The molecule has 7 nitrogen and oxygen atoms in total. The van der Waals surface area contributed by atoms with E-state index in [-0.39, 0.29) is 12.1 Å². The predicted molar refractivity (Wildman–Crippen MR) is 114 cm³/mol. The highest BCUT2D eigenvalue weighted by atomic mass is 79.9. The first-order valence-electron chi connectivity index (χ1n) is 9.36. The summed E-state index contributed by atoms with van der Waals surface area (Å²) in [7, 11) is 0. The van der Waals surface area contributed by atoms with Crippen molar-refractivity contribution in [3.05, 3.63) is 75.3 Å². The van der Waals surface area contributed by atoms with Gasteiger partial charge in [-0.15, -0.1) is 0 Å². The van der Waals surface area contributed by atoms with Gasteiger partial charge in [0.25, 0.3) is 5.91 Å². The van der Waals surface area contributed by atoms with E-state index in [4.69, 9.17) is 14.0 Å². The third-order valence-corrected chi connectivity index (χ3v) is 4.90. The monoisotopic (exact) mass is 490 g/mol. The number of carbonyl (C=O) groups excluding carboxylic acids is 2. The second-order valence-electron chi connectivity index (χ2n) is 6.75. The van der Waals surface area contributed by atoms with Gasteiger partial charge in [0.2, 0.25) is 0 Å². The summed E-state index contributed by atoms with van der Waals surface area (Å²) in [5.41, 5.74) is 2.39. The maximum Gasteiger partial charge on any atom is 0.310 e. The quantitative estimate of drug-likeness (QED) is 0.467. The lowest BCUT2D eigenvalue weighted by atomic mass is 10.1. The molecule has 1 aromatic heterocycles. The van der Waals surface area contributed by atoms with Crippen molar-refractivity contribution in [2.75, 3.05) is 11.9 Å². The Hall–Kier alpha value is -3.20. The molecule has 0 spiro atoms. The number of carbonyl (C=O) groups is 2. The van der Waals surface area contributed by atoms with Crippen molar-refractivity contribution < 1.29 is 28.0 Å². The number of halogens is 2. The van der Waals surface area contributed by atoms with E-state index in [0.717, 1.165) is 11.3 Å². The van der Waals surface area contributed by atoms with Crippen LogP contribution in [0.2, 0.25) is 0 Å². The summed E-state index contributed by atoms with van der Waals surface area (Å²) >= 11 is 3.14. The van der Waals surface area contributed by atoms with Crippen LogP contribution in [0.3, 0.4) is 0 Å². The summed E-state index contributed by atoms with van der Waals surface area (Å²) in [6, 6.07) is 11.2. The van der Waals surface area contributed by atoms with E-state index in [1.165, 1.54) is 12.1 Å². The number of hydrogen-bond acceptors (Lipinski definition) is 6. The zero-order valence-electron chi connectivity index (χ0n) is 16.9. The van der Waals surface area contributed by atoms with Gasteiger partial charge in [0.15, 0.2) is 6.61 Å². The summed E-state index contributed by atoms with van der Waals surface area (Å²) in [6.07, 6.45) is -0.00985. The van der Waals surface area contributed by atoms with E-state index in [1.54, 1.807) is 30.3 Å². The summed E-state index contributed by atoms with van der Waals surface area (Å²) in [5, 5.41) is 6.24. The predicted octanol–water partition coefficient (Wildman–Crippen LogP) is 4.50. The normalized spacial score (nSPS) is 10.6. The molecule has 1 amide bonds. The molecule has 3 rings (SSSR count). The van der Waals surface area contributed by atoms with Gasteiger partial charge in [0.1, 0.15) is 23.9 Å². The van der Waals surface area contributed by atoms with Crippen LogP contribution in [0.25, 0.3) is 0 Å². The van der Waals surface area contributed by atoms with Crippen LogP contribution >= 0.6 is 15.9 Å². The molecule has 0 aliphatic heterocycles. The maximum atomic E-state index is 13.7. The molecule has 1 heterocycles. The number of anilines is 1. The number of benzene rings is 2. The Bertz CT molecular complexity index is 1060. The molecule has 1 N–H and O–H groups in total. The number of nitrogens with zero attached hydrogens (tertiary/aromatic N) is 1. The summed E-state index contributed by atoms with van der Waals surface area (Å²) in [6.45, 7) is 3.49. The first-order valence-corrected chi connectivity index (χ1v) is 10.1. The highest BCUT2D eigenvalue weighted by molar-refractivity contribution is 9.10. The Morgan fingerprint density at radius 2 is 1.90 bits per heavy atom. The van der Waals surface area contributed by atoms with E-state index in [1.807, 2.05) is 13.8 Å². The molecule has 0 saturated heterocycles. The minimum Gasteiger partial charge on any atom is -0.489 e. The van der Waals surface area contributed by atoms with Crippen LogP contribution in [-0.2, 0) is 27.4 Å². The molecule has 0 unspecified atom stereocenters. The lowest BCUT2D eigenvalue weighted by molar-refractivity contribution is -0.146. The molecule has 0 radical (unpaired) electrons. The lowest BCUT2D eigenvalue weighted by Crippen LogP contribution is -2.22. The number of nitrogens with one attached hydrogen (secondary N) is 1. The molecule has 0 atom stereocenters. The second kappa shape index (κ2) is 10.2. The Kier molecular flexibility index (Phi) is 7.41. The largest absolute Gasteiger partial charge is 0.489 e. The van der Waals surface area contributed by atoms with Crippen LogP contribution in [0, 0.1) is 19.7 Å². The minimum atomic E-state index is -0.627. The highest BCUT2D eigenvalue weighted by Gasteiger charge is 2.12. The van der Waals surface area contributed by atoms with E-state index in [9.17, 15) is 14.0 Å². The zero-order valence-corrected chi connectivity index (χ0v) is 18.5. The van der Waals surface area contributed by atoms with Crippen molar-refractivity contribution >= 4 is 33.5 Å². The Morgan fingerprint density at radius 3 is 2.55 bits per heavy atom. The van der Waals surface area contributed by atoms with Crippen molar-refractivity contribution in [3.63, 3.8) is 0 Å². The van der Waals surface area contributed by atoms with Crippen LogP contribution in [0.1, 0.15) is 22.6 Å². The van der Waals surface area contributed by atoms with Gasteiger partial charge in [0, 0.05) is 4.47 Å². The van der Waals surface area contributed by atoms with Gasteiger partial charge >= 0.3 is 5.97 Å². The fraction of sp³-hybridized carbons (Fsp3) is 0.227. The first-order chi connectivity index (χ1) is 14.8. The van der Waals surface area contributed by atoms with Crippen LogP contribution < -0.4 is 10.1 Å². The van der Waals surface area contributed by atoms with Crippen molar-refractivity contribution in [1.82, 2.24) is 5.16 Å². The molecule has 162 valence electrons. The summed E-state index contributed by atoms with van der Waals surface area (Å²) in [4.78, 5) is 23.9. The third-order valence-electron chi connectivity index (χ3n) is 4.41. The van der Waals surface area contributed by atoms with Crippen LogP contribution in [-0.4, -0.2) is 23.6 Å². The van der Waals surface area contributed by atoms with Crippen LogP contribution in [0.4, 0.5) is 10.1 Å². The van der Waals surface area contributed by atoms with Crippen LogP contribution in [0.15, 0.2) is 51.5 Å². The standard InChI is InChI=1S/C22H20BrFN2O5/c1-13-18(14(2)31-26-13)11-29-17-6-3-15(4-7-17)9-22(28)30-12-21(27)25-20-8-5-16(23)10-19(20)24/h3-8,10H,9,11-12H2,1-2H3,(H,25,27). The maximum absolute atomic E-state index is 13.7. The number of aryl methyl sites for hydroxylation is 2. The number of aromatic nitrogens is 1. The highest BCUT2D eigenvalue weighted by Crippen LogP contribution is 2.20. The number of ether oxygens (including phenoxy) is 2. The topological polar surface area (TPSA) is 90.7 Å². The lowest BCUT2D eigenvalue weighted by Gasteiger charge is -2.09. The molecule has 0 saturated carbocycles. The Morgan fingerprint density at radius 1 is 1.16 bits per heavy atom. The van der Waals surface area contributed by atoms with Crippen molar-refractivity contribution in [1.29, 1.82) is 0 Å². The minimum absolute atomic E-state index is 0.00985. The van der Waals surface area contributed by atoms with Crippen molar-refractivity contribution in [3.8, 4) is 5.75 Å². The number of esters is 1. The molecule has 31 heavy (non-hydrogen) atoms. The zero-order chi connectivity index (χ0) is 22.4. The molecule has 0 aliphatic carbocycles. The number of rotatable bonds is 8. The molecule has 9 heteroatoms. The molecule has 3 aromatic rings. The van der Waals surface area contributed by atoms with E-state index in [0.29, 0.717) is 28.2 Å². The van der Waals surface area contributed by atoms with Crippen LogP contribution in [0.5, 0.6) is 5.75 Å². The molecular weight excluding hydrogens is 471 g/mol. The first kappa shape index (κ1) is 22.5. The van der Waals surface area contributed by atoms with Gasteiger partial charge in [-0.2, -0.15) is 0 Å². The number of hydrogen-bond donors (Lipinski definition) is 1. The average molecular weight is 491 g/mol. The smallest absolute Gasteiger partial charge is 0.310 e. The van der Waals surface area contributed by atoms with Crippen molar-refractivity contribution in [2.24, 2.45) is 0 Å². The summed E-state index contributed by atoms with van der Waals surface area (Å²) in [5.74, 6) is -0.448. The van der Waals surface area contributed by atoms with Gasteiger partial charge in [-0.3, -0.25) is 9.59 Å². The van der Waals surface area contributed by atoms with Gasteiger partial charge in [-0.1, -0.05) is 33.2 Å². The summed E-state index contributed by atoms with van der Waals surface area (Å²) < 4.78 is 30.1. The van der Waals surface area contributed by atoms with E-state index in [2.05, 4.69) is 26.4 Å². The molecular formula is C22H20BrFN2O5. The van der Waals surface area contributed by atoms with Gasteiger partial charge in [-0.05, 0) is 49.7 Å². The van der Waals surface area contributed by atoms with E-state index < -0.39 is 24.3 Å². The molecule has 0 aliphatic rings. The van der Waals surface area contributed by atoms with Gasteiger partial charge in [0.05, 0.1) is 23.4 Å². The molecule has 2 aromatic carbocycles. The van der Waals surface area contributed by atoms with E-state index >= 15 is 0 Å². The van der Waals surface area contributed by atoms with Crippen molar-refractivity contribution in [2.45, 2.75) is 26.9 Å². The Labute approximate surface area is 186 Å². The fourth-order valence-electron chi connectivity index (χ4n) is 2.71.